The van der Waals surface area contributed by atoms with E-state index in [1.54, 1.807) is 17.6 Å². The zero-order chi connectivity index (χ0) is 18.9. The van der Waals surface area contributed by atoms with E-state index in [2.05, 4.69) is 47.2 Å². The van der Waals surface area contributed by atoms with Crippen LogP contribution in [0.4, 0.5) is 0 Å². The number of nitrogens with zero attached hydrogens (tertiary/aromatic N) is 2. The van der Waals surface area contributed by atoms with Gasteiger partial charge >= 0.3 is 0 Å². The number of aliphatic imine (C=N–C) groups is 1. The first kappa shape index (κ1) is 22.5. The molecule has 0 spiro atoms. The third-order valence-corrected chi connectivity index (χ3v) is 5.13. The topological polar surface area (TPSA) is 75.6 Å². The van der Waals surface area contributed by atoms with Crippen LogP contribution >= 0.6 is 35.3 Å². The molecule has 0 radical (unpaired) electrons. The SMILES string of the molecule is CCc1noc(CC)c1CN=C(NCCc1ccco1)NCc1cccs1.I. The summed E-state index contributed by atoms with van der Waals surface area (Å²) in [5, 5.41) is 13.0. The predicted molar refractivity (Wildman–Crippen MR) is 123 cm³/mol. The first-order chi connectivity index (χ1) is 13.3. The monoisotopic (exact) mass is 514 g/mol. The Kier molecular flexibility index (Phi) is 9.56. The van der Waals surface area contributed by atoms with E-state index < -0.39 is 0 Å². The molecule has 0 aliphatic carbocycles. The molecule has 0 bridgehead atoms. The fourth-order valence-corrected chi connectivity index (χ4v) is 3.44. The number of rotatable bonds is 9. The van der Waals surface area contributed by atoms with Crippen molar-refractivity contribution in [2.24, 2.45) is 4.99 Å². The van der Waals surface area contributed by atoms with E-state index >= 15 is 0 Å². The summed E-state index contributed by atoms with van der Waals surface area (Å²) < 4.78 is 10.8. The number of halogens is 1. The van der Waals surface area contributed by atoms with Crippen LogP contribution in [0.25, 0.3) is 0 Å². The maximum absolute atomic E-state index is 5.45. The molecule has 28 heavy (non-hydrogen) atoms. The summed E-state index contributed by atoms with van der Waals surface area (Å²) in [6.45, 7) is 6.20. The Morgan fingerprint density at radius 2 is 2.07 bits per heavy atom. The highest BCUT2D eigenvalue weighted by Gasteiger charge is 2.13. The minimum Gasteiger partial charge on any atom is -0.469 e. The van der Waals surface area contributed by atoms with Gasteiger partial charge in [-0.25, -0.2) is 4.99 Å². The fraction of sp³-hybridized carbons (Fsp3) is 0.400. The highest BCUT2D eigenvalue weighted by atomic mass is 127. The molecule has 0 unspecified atom stereocenters. The van der Waals surface area contributed by atoms with Crippen molar-refractivity contribution in [1.82, 2.24) is 15.8 Å². The van der Waals surface area contributed by atoms with E-state index in [1.165, 1.54) is 4.88 Å². The molecule has 3 rings (SSSR count). The van der Waals surface area contributed by atoms with Gasteiger partial charge in [-0.15, -0.1) is 35.3 Å². The van der Waals surface area contributed by atoms with Crippen LogP contribution in [0, 0.1) is 0 Å². The average molecular weight is 514 g/mol. The van der Waals surface area contributed by atoms with Crippen LogP contribution in [0.15, 0.2) is 49.8 Å². The van der Waals surface area contributed by atoms with Crippen molar-refractivity contribution in [2.45, 2.75) is 46.2 Å². The number of aryl methyl sites for hydroxylation is 2. The maximum Gasteiger partial charge on any atom is 0.191 e. The van der Waals surface area contributed by atoms with Gasteiger partial charge in [0.15, 0.2) is 5.96 Å². The lowest BCUT2D eigenvalue weighted by Crippen LogP contribution is -2.38. The fourth-order valence-electron chi connectivity index (χ4n) is 2.79. The molecular formula is C20H27IN4O2S. The van der Waals surface area contributed by atoms with Crippen molar-refractivity contribution in [2.75, 3.05) is 6.54 Å². The Hall–Kier alpha value is -1.81. The quantitative estimate of drug-likeness (QED) is 0.249. The smallest absolute Gasteiger partial charge is 0.191 e. The number of nitrogens with one attached hydrogen (secondary N) is 2. The second-order valence-corrected chi connectivity index (χ2v) is 7.12. The van der Waals surface area contributed by atoms with E-state index in [4.69, 9.17) is 13.9 Å². The third kappa shape index (κ3) is 6.37. The Labute approximate surface area is 186 Å². The Bertz CT molecular complexity index is 807. The Morgan fingerprint density at radius 1 is 1.18 bits per heavy atom. The lowest BCUT2D eigenvalue weighted by atomic mass is 10.1. The number of thiophene rings is 1. The summed E-state index contributed by atoms with van der Waals surface area (Å²) >= 11 is 1.73. The highest BCUT2D eigenvalue weighted by molar-refractivity contribution is 14.0. The normalized spacial score (nSPS) is 11.3. The minimum atomic E-state index is 0. The van der Waals surface area contributed by atoms with Gasteiger partial charge in [-0.3, -0.25) is 0 Å². The van der Waals surface area contributed by atoms with Gasteiger partial charge < -0.3 is 19.6 Å². The van der Waals surface area contributed by atoms with Crippen LogP contribution in [0.5, 0.6) is 0 Å². The number of furan rings is 1. The summed E-state index contributed by atoms with van der Waals surface area (Å²) in [5.41, 5.74) is 2.09. The second kappa shape index (κ2) is 11.9. The van der Waals surface area contributed by atoms with Crippen molar-refractivity contribution >= 4 is 41.3 Å². The van der Waals surface area contributed by atoms with Crippen molar-refractivity contribution in [3.63, 3.8) is 0 Å². The Morgan fingerprint density at radius 3 is 2.75 bits per heavy atom. The summed E-state index contributed by atoms with van der Waals surface area (Å²) in [7, 11) is 0. The largest absolute Gasteiger partial charge is 0.469 e. The van der Waals surface area contributed by atoms with Crippen molar-refractivity contribution < 1.29 is 8.94 Å². The molecule has 0 saturated carbocycles. The summed E-state index contributed by atoms with van der Waals surface area (Å²) in [6.07, 6.45) is 4.17. The van der Waals surface area contributed by atoms with Crippen LogP contribution in [0.3, 0.4) is 0 Å². The standard InChI is InChI=1S/C20H26N4O2S.HI/c1-3-18-17(19(4-2)26-24-18)14-23-20(22-13-16-8-6-12-27-16)21-10-9-15-7-5-11-25-15;/h5-8,11-12H,3-4,9-10,13-14H2,1-2H3,(H2,21,22,23);1H. The number of aromatic nitrogens is 1. The van der Waals surface area contributed by atoms with E-state index in [9.17, 15) is 0 Å². The van der Waals surface area contributed by atoms with Gasteiger partial charge in [0, 0.05) is 29.8 Å². The van der Waals surface area contributed by atoms with Crippen LogP contribution < -0.4 is 10.6 Å². The molecule has 0 amide bonds. The van der Waals surface area contributed by atoms with Crippen LogP contribution in [-0.4, -0.2) is 17.7 Å². The Balaban J connectivity index is 0.00000280. The molecule has 3 aromatic rings. The van der Waals surface area contributed by atoms with Gasteiger partial charge in [-0.2, -0.15) is 0 Å². The van der Waals surface area contributed by atoms with Gasteiger partial charge in [0.1, 0.15) is 11.5 Å². The van der Waals surface area contributed by atoms with Crippen molar-refractivity contribution in [3.05, 3.63) is 63.6 Å². The van der Waals surface area contributed by atoms with Gasteiger partial charge in [0.25, 0.3) is 0 Å². The summed E-state index contributed by atoms with van der Waals surface area (Å²) in [5.74, 6) is 2.66. The van der Waals surface area contributed by atoms with E-state index in [0.29, 0.717) is 6.54 Å². The first-order valence-corrected chi connectivity index (χ1v) is 10.2. The van der Waals surface area contributed by atoms with E-state index in [0.717, 1.165) is 61.1 Å². The van der Waals surface area contributed by atoms with Crippen LogP contribution in [-0.2, 0) is 32.4 Å². The number of hydrogen-bond acceptors (Lipinski definition) is 5. The zero-order valence-electron chi connectivity index (χ0n) is 16.2. The molecular weight excluding hydrogens is 487 g/mol. The predicted octanol–water partition coefficient (Wildman–Crippen LogP) is 4.55. The maximum atomic E-state index is 5.45. The second-order valence-electron chi connectivity index (χ2n) is 6.09. The molecule has 0 aliphatic rings. The minimum absolute atomic E-state index is 0. The van der Waals surface area contributed by atoms with Crippen molar-refractivity contribution in [1.29, 1.82) is 0 Å². The number of guanidine groups is 1. The molecule has 0 atom stereocenters. The third-order valence-electron chi connectivity index (χ3n) is 4.26. The van der Waals surface area contributed by atoms with Gasteiger partial charge in [-0.1, -0.05) is 25.1 Å². The molecule has 8 heteroatoms. The average Bonchev–Trinajstić information content (AvgIpc) is 3.45. The van der Waals surface area contributed by atoms with Gasteiger partial charge in [0.2, 0.25) is 0 Å². The van der Waals surface area contributed by atoms with Crippen LogP contribution in [0.2, 0.25) is 0 Å². The molecule has 0 aromatic carbocycles. The van der Waals surface area contributed by atoms with Crippen molar-refractivity contribution in [3.8, 4) is 0 Å². The van der Waals surface area contributed by atoms with Gasteiger partial charge in [0.05, 0.1) is 25.0 Å². The molecule has 152 valence electrons. The molecule has 3 heterocycles. The molecule has 2 N–H and O–H groups in total. The lowest BCUT2D eigenvalue weighted by Gasteiger charge is -2.12. The molecule has 0 saturated heterocycles. The van der Waals surface area contributed by atoms with E-state index in [-0.39, 0.29) is 24.0 Å². The molecule has 6 nitrogen and oxygen atoms in total. The molecule has 3 aromatic heterocycles. The zero-order valence-corrected chi connectivity index (χ0v) is 19.4. The van der Waals surface area contributed by atoms with Gasteiger partial charge in [-0.05, 0) is 30.0 Å². The summed E-state index contributed by atoms with van der Waals surface area (Å²) in [4.78, 5) is 6.04. The lowest BCUT2D eigenvalue weighted by molar-refractivity contribution is 0.380. The van der Waals surface area contributed by atoms with Crippen LogP contribution in [0.1, 0.15) is 41.5 Å². The molecule has 0 fully saturated rings. The molecule has 0 aliphatic heterocycles. The van der Waals surface area contributed by atoms with E-state index in [1.807, 2.05) is 12.1 Å². The summed E-state index contributed by atoms with van der Waals surface area (Å²) in [6, 6.07) is 8.06. The number of hydrogen-bond donors (Lipinski definition) is 2. The highest BCUT2D eigenvalue weighted by Crippen LogP contribution is 2.17. The first-order valence-electron chi connectivity index (χ1n) is 9.33.